The minimum Gasteiger partial charge on any atom is -0.309 e. The smallest absolute Gasteiger partial charge is 0.154 e. The van der Waals surface area contributed by atoms with E-state index in [-0.39, 0.29) is 17.0 Å². The molecule has 0 amide bonds. The normalized spacial score (nSPS) is 14.9. The Morgan fingerprint density at radius 2 is 1.81 bits per heavy atom. The summed E-state index contributed by atoms with van der Waals surface area (Å²) in [5.74, 6) is 0.171. The first-order chi connectivity index (χ1) is 9.81. The van der Waals surface area contributed by atoms with Gasteiger partial charge in [0.2, 0.25) is 0 Å². The number of sulfone groups is 1. The maximum Gasteiger partial charge on any atom is 0.154 e. The fraction of sp³-hybridized carbons (Fsp3) is 0.647. The molecule has 3 nitrogen and oxygen atoms in total. The molecule has 0 bridgehead atoms. The lowest BCUT2D eigenvalue weighted by Crippen LogP contribution is -2.32. The third-order valence-corrected chi connectivity index (χ3v) is 6.52. The minimum atomic E-state index is -3.07. The van der Waals surface area contributed by atoms with Crippen molar-refractivity contribution < 1.29 is 8.42 Å². The Bertz CT molecular complexity index is 552. The van der Waals surface area contributed by atoms with Gasteiger partial charge in [-0.1, -0.05) is 32.0 Å². The second-order valence-electron chi connectivity index (χ2n) is 5.90. The molecule has 2 atom stereocenters. The maximum absolute atomic E-state index is 12.4. The molecule has 1 N–H and O–H groups in total. The van der Waals surface area contributed by atoms with Crippen LogP contribution in [-0.2, 0) is 9.84 Å². The summed E-state index contributed by atoms with van der Waals surface area (Å²) in [6, 6.07) is 6.10. The third kappa shape index (κ3) is 5.11. The van der Waals surface area contributed by atoms with E-state index in [4.69, 9.17) is 0 Å². The van der Waals surface area contributed by atoms with Gasteiger partial charge in [0, 0.05) is 6.04 Å². The Morgan fingerprint density at radius 1 is 1.14 bits per heavy atom. The quantitative estimate of drug-likeness (QED) is 0.798. The summed E-state index contributed by atoms with van der Waals surface area (Å²) in [7, 11) is -3.07. The molecule has 0 heterocycles. The van der Waals surface area contributed by atoms with E-state index < -0.39 is 9.84 Å². The number of nitrogens with one attached hydrogen (secondary N) is 1. The number of hydrogen-bond donors (Lipinski definition) is 1. The molecule has 0 aliphatic heterocycles. The van der Waals surface area contributed by atoms with Gasteiger partial charge in [0.1, 0.15) is 0 Å². The van der Waals surface area contributed by atoms with Crippen LogP contribution < -0.4 is 5.32 Å². The van der Waals surface area contributed by atoms with E-state index in [9.17, 15) is 8.42 Å². The molecule has 1 rings (SSSR count). The monoisotopic (exact) mass is 311 g/mol. The second kappa shape index (κ2) is 7.95. The zero-order chi connectivity index (χ0) is 16.0. The molecule has 0 saturated heterocycles. The van der Waals surface area contributed by atoms with Crippen LogP contribution in [0, 0.1) is 13.8 Å². The number of aryl methyl sites for hydroxylation is 2. The van der Waals surface area contributed by atoms with Crippen LogP contribution in [0.2, 0.25) is 0 Å². The maximum atomic E-state index is 12.4. The van der Waals surface area contributed by atoms with Gasteiger partial charge in [-0.25, -0.2) is 8.42 Å². The van der Waals surface area contributed by atoms with E-state index in [1.54, 1.807) is 6.92 Å². The molecule has 0 aliphatic carbocycles. The fourth-order valence-electron chi connectivity index (χ4n) is 2.22. The van der Waals surface area contributed by atoms with Gasteiger partial charge in [-0.2, -0.15) is 0 Å². The average molecular weight is 311 g/mol. The van der Waals surface area contributed by atoms with Gasteiger partial charge >= 0.3 is 0 Å². The highest BCUT2D eigenvalue weighted by Gasteiger charge is 2.25. The van der Waals surface area contributed by atoms with Crippen molar-refractivity contribution in [1.82, 2.24) is 5.32 Å². The first kappa shape index (κ1) is 18.2. The van der Waals surface area contributed by atoms with Crippen LogP contribution in [0.3, 0.4) is 0 Å². The van der Waals surface area contributed by atoms with E-state index in [0.717, 1.165) is 18.5 Å². The first-order valence-corrected chi connectivity index (χ1v) is 9.55. The molecule has 0 radical (unpaired) electrons. The molecule has 21 heavy (non-hydrogen) atoms. The van der Waals surface area contributed by atoms with Gasteiger partial charge < -0.3 is 5.32 Å². The summed E-state index contributed by atoms with van der Waals surface area (Å²) in [4.78, 5) is 0. The highest BCUT2D eigenvalue weighted by Crippen LogP contribution is 2.21. The van der Waals surface area contributed by atoms with Gasteiger partial charge in [0.15, 0.2) is 9.84 Å². The van der Waals surface area contributed by atoms with Crippen molar-refractivity contribution in [2.24, 2.45) is 0 Å². The third-order valence-electron chi connectivity index (χ3n) is 4.16. The van der Waals surface area contributed by atoms with E-state index in [2.05, 4.69) is 38.2 Å². The Labute approximate surface area is 130 Å². The van der Waals surface area contributed by atoms with Crippen molar-refractivity contribution >= 4 is 9.84 Å². The van der Waals surface area contributed by atoms with E-state index in [1.165, 1.54) is 11.1 Å². The van der Waals surface area contributed by atoms with Gasteiger partial charge in [-0.15, -0.1) is 0 Å². The number of rotatable bonds is 8. The topological polar surface area (TPSA) is 46.2 Å². The summed E-state index contributed by atoms with van der Waals surface area (Å²) < 4.78 is 24.8. The Balaban J connectivity index is 3.02. The largest absolute Gasteiger partial charge is 0.309 e. The molecule has 1 aromatic carbocycles. The molecule has 0 aliphatic rings. The molecule has 120 valence electrons. The Kier molecular flexibility index (Phi) is 6.88. The van der Waals surface area contributed by atoms with Gasteiger partial charge in [-0.3, -0.25) is 0 Å². The summed E-state index contributed by atoms with van der Waals surface area (Å²) in [5.41, 5.74) is 3.51. The molecule has 0 fully saturated rings. The molecule has 1 aromatic rings. The minimum absolute atomic E-state index is 0.122. The van der Waals surface area contributed by atoms with Crippen molar-refractivity contribution in [1.29, 1.82) is 0 Å². The van der Waals surface area contributed by atoms with Crippen LogP contribution in [0.1, 0.15) is 56.3 Å². The summed E-state index contributed by atoms with van der Waals surface area (Å²) >= 11 is 0. The molecule has 0 aromatic heterocycles. The second-order valence-corrected chi connectivity index (χ2v) is 8.36. The van der Waals surface area contributed by atoms with E-state index >= 15 is 0 Å². The lowest BCUT2D eigenvalue weighted by Gasteiger charge is -2.22. The van der Waals surface area contributed by atoms with Crippen LogP contribution in [0.15, 0.2) is 18.2 Å². The number of hydrogen-bond acceptors (Lipinski definition) is 3. The lowest BCUT2D eigenvalue weighted by atomic mass is 10.0. The Morgan fingerprint density at radius 3 is 2.33 bits per heavy atom. The van der Waals surface area contributed by atoms with Crippen LogP contribution in [0.4, 0.5) is 0 Å². The van der Waals surface area contributed by atoms with Gasteiger partial charge in [0.05, 0.1) is 11.0 Å². The summed E-state index contributed by atoms with van der Waals surface area (Å²) in [6.07, 6.45) is 1.65. The average Bonchev–Trinajstić information content (AvgIpc) is 2.45. The molecule has 0 saturated carbocycles. The zero-order valence-corrected chi connectivity index (χ0v) is 14.8. The highest BCUT2D eigenvalue weighted by atomic mass is 32.2. The summed E-state index contributed by atoms with van der Waals surface area (Å²) in [5, 5.41) is 3.11. The van der Waals surface area contributed by atoms with Crippen LogP contribution >= 0.6 is 0 Å². The van der Waals surface area contributed by atoms with Gasteiger partial charge in [0.25, 0.3) is 0 Å². The standard InChI is InChI=1S/C17H29NO2S/c1-6-10-18-17(12-21(19,20)15(5)7-2)16-9-8-13(3)14(4)11-16/h8-9,11,15,17-18H,6-7,10,12H2,1-5H3. The van der Waals surface area contributed by atoms with Crippen LogP contribution in [0.25, 0.3) is 0 Å². The van der Waals surface area contributed by atoms with Crippen molar-refractivity contribution in [2.45, 2.75) is 58.8 Å². The highest BCUT2D eigenvalue weighted by molar-refractivity contribution is 7.92. The van der Waals surface area contributed by atoms with Gasteiger partial charge in [-0.05, 0) is 56.8 Å². The molecule has 4 heteroatoms. The molecular weight excluding hydrogens is 282 g/mol. The first-order valence-electron chi connectivity index (χ1n) is 7.83. The van der Waals surface area contributed by atoms with Crippen molar-refractivity contribution in [2.75, 3.05) is 12.3 Å². The summed E-state index contributed by atoms with van der Waals surface area (Å²) in [6.45, 7) is 10.8. The van der Waals surface area contributed by atoms with Crippen LogP contribution in [-0.4, -0.2) is 26.0 Å². The zero-order valence-electron chi connectivity index (χ0n) is 13.9. The SMILES string of the molecule is CCCNC(CS(=O)(=O)C(C)CC)c1ccc(C)c(C)c1. The van der Waals surface area contributed by atoms with E-state index in [1.807, 2.05) is 13.0 Å². The van der Waals surface area contributed by atoms with Crippen LogP contribution in [0.5, 0.6) is 0 Å². The molecule has 0 spiro atoms. The number of benzene rings is 1. The van der Waals surface area contributed by atoms with Crippen molar-refractivity contribution in [3.05, 3.63) is 34.9 Å². The molecular formula is C17H29NO2S. The lowest BCUT2D eigenvalue weighted by molar-refractivity contribution is 0.538. The fourth-order valence-corrected chi connectivity index (χ4v) is 3.83. The molecule has 2 unspecified atom stereocenters. The van der Waals surface area contributed by atoms with E-state index in [0.29, 0.717) is 6.42 Å². The predicted molar refractivity (Wildman–Crippen MR) is 90.5 cm³/mol. The van der Waals surface area contributed by atoms with Crippen molar-refractivity contribution in [3.8, 4) is 0 Å². The van der Waals surface area contributed by atoms with Crippen molar-refractivity contribution in [3.63, 3.8) is 0 Å². The predicted octanol–water partition coefficient (Wildman–Crippen LogP) is 3.56. The Hall–Kier alpha value is -0.870.